The van der Waals surface area contributed by atoms with Gasteiger partial charge < -0.3 is 10.4 Å². The highest BCUT2D eigenvalue weighted by atomic mass is 32.2. The van der Waals surface area contributed by atoms with E-state index in [2.05, 4.69) is 5.32 Å². The molecule has 1 unspecified atom stereocenters. The van der Waals surface area contributed by atoms with Crippen LogP contribution in [0.3, 0.4) is 0 Å². The topological polar surface area (TPSA) is 66.4 Å². The summed E-state index contributed by atoms with van der Waals surface area (Å²) < 4.78 is 0. The van der Waals surface area contributed by atoms with Gasteiger partial charge in [-0.05, 0) is 35.9 Å². The zero-order valence-electron chi connectivity index (χ0n) is 12.3. The van der Waals surface area contributed by atoms with Gasteiger partial charge in [-0.25, -0.2) is 0 Å². The van der Waals surface area contributed by atoms with Crippen molar-refractivity contribution in [2.24, 2.45) is 5.41 Å². The molecule has 1 amide bonds. The van der Waals surface area contributed by atoms with Crippen LogP contribution in [0.25, 0.3) is 0 Å². The largest absolute Gasteiger partial charge is 0.481 e. The van der Waals surface area contributed by atoms with Crippen LogP contribution >= 0.6 is 11.8 Å². The fourth-order valence-corrected chi connectivity index (χ4v) is 2.14. The first-order valence-electron chi connectivity index (χ1n) is 6.40. The number of hydrogen-bond acceptors (Lipinski definition) is 3. The Hall–Kier alpha value is -1.49. The van der Waals surface area contributed by atoms with Gasteiger partial charge in [-0.3, -0.25) is 9.59 Å². The van der Waals surface area contributed by atoms with Gasteiger partial charge in [-0.1, -0.05) is 20.8 Å². The molecular weight excluding hydrogens is 274 g/mol. The van der Waals surface area contributed by atoms with Gasteiger partial charge in [-0.15, -0.1) is 11.8 Å². The minimum Gasteiger partial charge on any atom is -0.481 e. The normalized spacial score (nSPS) is 12.8. The summed E-state index contributed by atoms with van der Waals surface area (Å²) in [6.07, 6.45) is 1.88. The lowest BCUT2D eigenvalue weighted by Crippen LogP contribution is -2.45. The maximum atomic E-state index is 12.2. The second-order valence-corrected chi connectivity index (χ2v) is 6.60. The van der Waals surface area contributed by atoms with Gasteiger partial charge in [0.2, 0.25) is 0 Å². The van der Waals surface area contributed by atoms with Gasteiger partial charge in [0.1, 0.15) is 0 Å². The van der Waals surface area contributed by atoms with Crippen molar-refractivity contribution in [3.63, 3.8) is 0 Å². The molecule has 0 heterocycles. The highest BCUT2D eigenvalue weighted by Gasteiger charge is 2.28. The van der Waals surface area contributed by atoms with Crippen molar-refractivity contribution in [1.29, 1.82) is 0 Å². The molecule has 0 radical (unpaired) electrons. The standard InChI is InChI=1S/C15H21NO3S/c1-15(2,3)12(9-13(17)18)16-14(19)10-5-7-11(20-4)8-6-10/h5-8,12H,9H2,1-4H3,(H,16,19)(H,17,18). The van der Waals surface area contributed by atoms with E-state index >= 15 is 0 Å². The van der Waals surface area contributed by atoms with E-state index < -0.39 is 12.0 Å². The number of amides is 1. The average Bonchev–Trinajstić information content (AvgIpc) is 2.36. The van der Waals surface area contributed by atoms with Crippen LogP contribution in [0.5, 0.6) is 0 Å². The first-order valence-corrected chi connectivity index (χ1v) is 7.63. The Labute approximate surface area is 124 Å². The monoisotopic (exact) mass is 295 g/mol. The predicted molar refractivity (Wildman–Crippen MR) is 81.2 cm³/mol. The molecule has 0 aliphatic rings. The van der Waals surface area contributed by atoms with E-state index in [4.69, 9.17) is 5.11 Å². The molecule has 2 N–H and O–H groups in total. The third kappa shape index (κ3) is 4.89. The van der Waals surface area contributed by atoms with Crippen molar-refractivity contribution in [1.82, 2.24) is 5.32 Å². The third-order valence-electron chi connectivity index (χ3n) is 3.08. The van der Waals surface area contributed by atoms with Gasteiger partial charge in [-0.2, -0.15) is 0 Å². The van der Waals surface area contributed by atoms with E-state index in [0.717, 1.165) is 4.90 Å². The molecule has 1 aromatic carbocycles. The van der Waals surface area contributed by atoms with E-state index in [1.54, 1.807) is 23.9 Å². The maximum absolute atomic E-state index is 12.2. The first kappa shape index (κ1) is 16.6. The molecule has 1 atom stereocenters. The Morgan fingerprint density at radius 2 is 1.80 bits per heavy atom. The molecule has 1 rings (SSSR count). The van der Waals surface area contributed by atoms with Gasteiger partial charge in [0, 0.05) is 16.5 Å². The second kappa shape index (κ2) is 6.79. The van der Waals surface area contributed by atoms with Crippen LogP contribution in [-0.2, 0) is 4.79 Å². The van der Waals surface area contributed by atoms with Crippen LogP contribution in [0.15, 0.2) is 29.2 Å². The van der Waals surface area contributed by atoms with Crippen molar-refractivity contribution in [2.75, 3.05) is 6.26 Å². The minimum atomic E-state index is -0.914. The number of hydrogen-bond donors (Lipinski definition) is 2. The highest BCUT2D eigenvalue weighted by molar-refractivity contribution is 7.98. The summed E-state index contributed by atoms with van der Waals surface area (Å²) in [6, 6.07) is 6.85. The summed E-state index contributed by atoms with van der Waals surface area (Å²) in [5, 5.41) is 11.8. The fraction of sp³-hybridized carbons (Fsp3) is 0.467. The average molecular weight is 295 g/mol. The van der Waals surface area contributed by atoms with Crippen molar-refractivity contribution < 1.29 is 14.7 Å². The van der Waals surface area contributed by atoms with Gasteiger partial charge in [0.15, 0.2) is 0 Å². The Morgan fingerprint density at radius 3 is 2.20 bits per heavy atom. The lowest BCUT2D eigenvalue weighted by atomic mass is 9.84. The number of carboxylic acids is 1. The zero-order chi connectivity index (χ0) is 15.3. The summed E-state index contributed by atoms with van der Waals surface area (Å²) in [4.78, 5) is 24.2. The van der Waals surface area contributed by atoms with Crippen LogP contribution in [0.1, 0.15) is 37.6 Å². The van der Waals surface area contributed by atoms with E-state index in [-0.39, 0.29) is 17.7 Å². The molecule has 1 aromatic rings. The number of rotatable bonds is 5. The summed E-state index contributed by atoms with van der Waals surface area (Å²) >= 11 is 1.61. The molecular formula is C15H21NO3S. The third-order valence-corrected chi connectivity index (χ3v) is 3.83. The Morgan fingerprint density at radius 1 is 1.25 bits per heavy atom. The molecule has 0 aliphatic carbocycles. The van der Waals surface area contributed by atoms with E-state index in [1.807, 2.05) is 39.2 Å². The molecule has 4 nitrogen and oxygen atoms in total. The Bertz CT molecular complexity index is 477. The number of carbonyl (C=O) groups is 2. The van der Waals surface area contributed by atoms with Crippen LogP contribution in [0, 0.1) is 5.41 Å². The smallest absolute Gasteiger partial charge is 0.305 e. The van der Waals surface area contributed by atoms with Crippen LogP contribution in [0.4, 0.5) is 0 Å². The summed E-state index contributed by atoms with van der Waals surface area (Å²) in [5.74, 6) is -1.15. The van der Waals surface area contributed by atoms with E-state index in [1.165, 1.54) is 0 Å². The Kier molecular flexibility index (Phi) is 5.62. The number of carboxylic acid groups (broad SMARTS) is 1. The van der Waals surface area contributed by atoms with Crippen molar-refractivity contribution >= 4 is 23.6 Å². The van der Waals surface area contributed by atoms with Crippen LogP contribution < -0.4 is 5.32 Å². The maximum Gasteiger partial charge on any atom is 0.305 e. The van der Waals surface area contributed by atoms with Crippen molar-refractivity contribution in [3.8, 4) is 0 Å². The summed E-state index contributed by atoms with van der Waals surface area (Å²) in [7, 11) is 0. The number of carbonyl (C=O) groups excluding carboxylic acids is 1. The van der Waals surface area contributed by atoms with E-state index in [9.17, 15) is 9.59 Å². The van der Waals surface area contributed by atoms with Crippen molar-refractivity contribution in [2.45, 2.75) is 38.1 Å². The number of benzene rings is 1. The van der Waals surface area contributed by atoms with Gasteiger partial charge >= 0.3 is 5.97 Å². The zero-order valence-corrected chi connectivity index (χ0v) is 13.1. The summed E-state index contributed by atoms with van der Waals surface area (Å²) in [6.45, 7) is 5.74. The quantitative estimate of drug-likeness (QED) is 0.819. The second-order valence-electron chi connectivity index (χ2n) is 5.72. The van der Waals surface area contributed by atoms with Crippen LogP contribution in [0.2, 0.25) is 0 Å². The van der Waals surface area contributed by atoms with Gasteiger partial charge in [0.25, 0.3) is 5.91 Å². The first-order chi connectivity index (χ1) is 9.24. The molecule has 0 fully saturated rings. The lowest BCUT2D eigenvalue weighted by Gasteiger charge is -2.30. The number of nitrogens with one attached hydrogen (secondary N) is 1. The number of aliphatic carboxylic acids is 1. The minimum absolute atomic E-state index is 0.0852. The molecule has 0 aromatic heterocycles. The summed E-state index contributed by atoms with van der Waals surface area (Å²) in [5.41, 5.74) is 0.232. The number of thioether (sulfide) groups is 1. The van der Waals surface area contributed by atoms with Crippen molar-refractivity contribution in [3.05, 3.63) is 29.8 Å². The molecule has 0 spiro atoms. The Balaban J connectivity index is 2.81. The SMILES string of the molecule is CSc1ccc(C(=O)NC(CC(=O)O)C(C)(C)C)cc1. The molecule has 0 saturated heterocycles. The molecule has 0 saturated carbocycles. The molecule has 20 heavy (non-hydrogen) atoms. The molecule has 110 valence electrons. The van der Waals surface area contributed by atoms with Crippen LogP contribution in [-0.4, -0.2) is 29.3 Å². The molecule has 0 bridgehead atoms. The highest BCUT2D eigenvalue weighted by Crippen LogP contribution is 2.22. The molecule has 5 heteroatoms. The van der Waals surface area contributed by atoms with Gasteiger partial charge in [0.05, 0.1) is 6.42 Å². The fourth-order valence-electron chi connectivity index (χ4n) is 1.73. The lowest BCUT2D eigenvalue weighted by molar-refractivity contribution is -0.138. The predicted octanol–water partition coefficient (Wildman–Crippen LogP) is 3.03. The molecule has 0 aliphatic heterocycles. The van der Waals surface area contributed by atoms with E-state index in [0.29, 0.717) is 5.56 Å².